The van der Waals surface area contributed by atoms with E-state index in [1.165, 1.54) is 24.1 Å². The molecule has 0 aliphatic carbocycles. The number of thiocarbonyl (C=S) groups is 1. The zero-order chi connectivity index (χ0) is 17.6. The van der Waals surface area contributed by atoms with Gasteiger partial charge in [0, 0.05) is 30.2 Å². The molecule has 2 aromatic carbocycles. The van der Waals surface area contributed by atoms with Gasteiger partial charge in [0.2, 0.25) is 0 Å². The van der Waals surface area contributed by atoms with E-state index in [1.807, 2.05) is 6.07 Å². The lowest BCUT2D eigenvalue weighted by Gasteiger charge is -2.32. The number of hydrogen-bond acceptors (Lipinski definition) is 2. The van der Waals surface area contributed by atoms with Crippen LogP contribution in [0.25, 0.3) is 0 Å². The lowest BCUT2D eigenvalue weighted by Crippen LogP contribution is -2.32. The van der Waals surface area contributed by atoms with E-state index in [0.717, 1.165) is 36.8 Å². The fourth-order valence-corrected chi connectivity index (χ4v) is 3.49. The van der Waals surface area contributed by atoms with Gasteiger partial charge in [-0.3, -0.25) is 0 Å². The fraction of sp³-hybridized carbons (Fsp3) is 0.381. The van der Waals surface area contributed by atoms with Crippen molar-refractivity contribution in [2.75, 3.05) is 28.6 Å². The van der Waals surface area contributed by atoms with Gasteiger partial charge in [-0.05, 0) is 73.3 Å². The maximum Gasteiger partial charge on any atom is 0.175 e. The minimum absolute atomic E-state index is 0.625. The molecule has 1 aliphatic heterocycles. The summed E-state index contributed by atoms with van der Waals surface area (Å²) >= 11 is 5.46. The molecule has 0 radical (unpaired) electrons. The van der Waals surface area contributed by atoms with E-state index in [4.69, 9.17) is 12.2 Å². The second kappa shape index (κ2) is 8.34. The summed E-state index contributed by atoms with van der Waals surface area (Å²) in [4.78, 5) is 2.47. The third-order valence-electron chi connectivity index (χ3n) is 4.92. The molecule has 0 saturated carbocycles. The van der Waals surface area contributed by atoms with E-state index >= 15 is 0 Å². The summed E-state index contributed by atoms with van der Waals surface area (Å²) in [5, 5.41) is 7.21. The molecule has 1 saturated heterocycles. The molecule has 1 aliphatic rings. The number of aryl methyl sites for hydroxylation is 1. The zero-order valence-electron chi connectivity index (χ0n) is 15.1. The SMILES string of the molecule is CCc1ccccc1NC(=S)Nc1ccc(N2CCC(C)CC2)cc1. The van der Waals surface area contributed by atoms with Crippen LogP contribution in [0, 0.1) is 5.92 Å². The number of anilines is 3. The van der Waals surface area contributed by atoms with Crippen molar-refractivity contribution in [1.82, 2.24) is 0 Å². The minimum atomic E-state index is 0.625. The summed E-state index contributed by atoms with van der Waals surface area (Å²) in [7, 11) is 0. The van der Waals surface area contributed by atoms with Crippen LogP contribution in [-0.4, -0.2) is 18.2 Å². The first kappa shape index (κ1) is 17.7. The Morgan fingerprint density at radius 2 is 1.72 bits per heavy atom. The molecule has 2 aromatic rings. The Morgan fingerprint density at radius 3 is 2.40 bits per heavy atom. The quantitative estimate of drug-likeness (QED) is 0.730. The van der Waals surface area contributed by atoms with Crippen LogP contribution in [0.1, 0.15) is 32.3 Å². The topological polar surface area (TPSA) is 27.3 Å². The van der Waals surface area contributed by atoms with Gasteiger partial charge < -0.3 is 15.5 Å². The number of piperidine rings is 1. The lowest BCUT2D eigenvalue weighted by atomic mass is 9.99. The minimum Gasteiger partial charge on any atom is -0.372 e. The molecule has 0 amide bonds. The van der Waals surface area contributed by atoms with E-state index in [2.05, 4.69) is 71.8 Å². The second-order valence-electron chi connectivity index (χ2n) is 6.81. The molecule has 1 fully saturated rings. The maximum absolute atomic E-state index is 5.46. The van der Waals surface area contributed by atoms with Gasteiger partial charge >= 0.3 is 0 Å². The highest BCUT2D eigenvalue weighted by Gasteiger charge is 2.15. The largest absolute Gasteiger partial charge is 0.372 e. The predicted molar refractivity (Wildman–Crippen MR) is 113 cm³/mol. The van der Waals surface area contributed by atoms with Gasteiger partial charge in [0.25, 0.3) is 0 Å². The van der Waals surface area contributed by atoms with E-state index in [-0.39, 0.29) is 0 Å². The van der Waals surface area contributed by atoms with Crippen LogP contribution in [0.4, 0.5) is 17.1 Å². The van der Waals surface area contributed by atoms with Crippen molar-refractivity contribution in [3.05, 3.63) is 54.1 Å². The van der Waals surface area contributed by atoms with Crippen LogP contribution >= 0.6 is 12.2 Å². The first-order valence-corrected chi connectivity index (χ1v) is 9.57. The van der Waals surface area contributed by atoms with Gasteiger partial charge in [-0.15, -0.1) is 0 Å². The van der Waals surface area contributed by atoms with Crippen molar-refractivity contribution in [2.24, 2.45) is 5.92 Å². The average Bonchev–Trinajstić information content (AvgIpc) is 2.63. The molecule has 0 unspecified atom stereocenters. The van der Waals surface area contributed by atoms with Crippen molar-refractivity contribution in [3.63, 3.8) is 0 Å². The van der Waals surface area contributed by atoms with Crippen molar-refractivity contribution >= 4 is 34.4 Å². The van der Waals surface area contributed by atoms with Crippen LogP contribution in [0.5, 0.6) is 0 Å². The van der Waals surface area contributed by atoms with Crippen LogP contribution in [0.15, 0.2) is 48.5 Å². The van der Waals surface area contributed by atoms with E-state index in [9.17, 15) is 0 Å². The normalized spacial score (nSPS) is 15.0. The standard InChI is InChI=1S/C21H27N3S/c1-3-17-6-4-5-7-20(17)23-21(25)22-18-8-10-19(11-9-18)24-14-12-16(2)13-15-24/h4-11,16H,3,12-15H2,1-2H3,(H2,22,23,25). The molecule has 4 heteroatoms. The highest BCUT2D eigenvalue weighted by Crippen LogP contribution is 2.24. The summed E-state index contributed by atoms with van der Waals surface area (Å²) in [6.07, 6.45) is 3.55. The number of nitrogens with zero attached hydrogens (tertiary/aromatic N) is 1. The Kier molecular flexibility index (Phi) is 5.92. The molecule has 3 nitrogen and oxygen atoms in total. The lowest BCUT2D eigenvalue weighted by molar-refractivity contribution is 0.438. The summed E-state index contributed by atoms with van der Waals surface area (Å²) < 4.78 is 0. The number of para-hydroxylation sites is 1. The molecule has 0 aromatic heterocycles. The van der Waals surface area contributed by atoms with Crippen molar-refractivity contribution in [1.29, 1.82) is 0 Å². The molecule has 2 N–H and O–H groups in total. The van der Waals surface area contributed by atoms with E-state index < -0.39 is 0 Å². The summed E-state index contributed by atoms with van der Waals surface area (Å²) in [5.74, 6) is 0.853. The number of rotatable bonds is 4. The first-order chi connectivity index (χ1) is 12.2. The molecular weight excluding hydrogens is 326 g/mol. The van der Waals surface area contributed by atoms with Gasteiger partial charge in [-0.25, -0.2) is 0 Å². The Balaban J connectivity index is 1.58. The predicted octanol–water partition coefficient (Wildman–Crippen LogP) is 5.29. The van der Waals surface area contributed by atoms with Crippen LogP contribution < -0.4 is 15.5 Å². The highest BCUT2D eigenvalue weighted by atomic mass is 32.1. The first-order valence-electron chi connectivity index (χ1n) is 9.16. The maximum atomic E-state index is 5.46. The second-order valence-corrected chi connectivity index (χ2v) is 7.21. The molecule has 0 bridgehead atoms. The third-order valence-corrected chi connectivity index (χ3v) is 5.12. The molecule has 1 heterocycles. The number of hydrogen-bond donors (Lipinski definition) is 2. The molecule has 3 rings (SSSR count). The Labute approximate surface area is 156 Å². The monoisotopic (exact) mass is 353 g/mol. The Bertz CT molecular complexity index is 703. The van der Waals surface area contributed by atoms with Crippen molar-refractivity contribution in [2.45, 2.75) is 33.1 Å². The van der Waals surface area contributed by atoms with Gasteiger partial charge in [0.1, 0.15) is 0 Å². The summed E-state index contributed by atoms with van der Waals surface area (Å²) in [6, 6.07) is 16.8. The van der Waals surface area contributed by atoms with Gasteiger partial charge in [-0.2, -0.15) is 0 Å². The molecule has 25 heavy (non-hydrogen) atoms. The van der Waals surface area contributed by atoms with Crippen molar-refractivity contribution < 1.29 is 0 Å². The summed E-state index contributed by atoms with van der Waals surface area (Å²) in [6.45, 7) is 6.80. The van der Waals surface area contributed by atoms with Crippen molar-refractivity contribution in [3.8, 4) is 0 Å². The molecule has 0 spiro atoms. The molecule has 0 atom stereocenters. The Hall–Kier alpha value is -2.07. The number of nitrogens with one attached hydrogen (secondary N) is 2. The third kappa shape index (κ3) is 4.73. The zero-order valence-corrected chi connectivity index (χ0v) is 15.9. The van der Waals surface area contributed by atoms with Crippen LogP contribution in [0.2, 0.25) is 0 Å². The smallest absolute Gasteiger partial charge is 0.175 e. The van der Waals surface area contributed by atoms with Crippen LogP contribution in [-0.2, 0) is 6.42 Å². The van der Waals surface area contributed by atoms with Crippen LogP contribution in [0.3, 0.4) is 0 Å². The number of benzene rings is 2. The molecule has 132 valence electrons. The van der Waals surface area contributed by atoms with Gasteiger partial charge in [0.15, 0.2) is 5.11 Å². The summed E-state index contributed by atoms with van der Waals surface area (Å²) in [5.41, 5.74) is 4.65. The van der Waals surface area contributed by atoms with Gasteiger partial charge in [-0.1, -0.05) is 32.0 Å². The highest BCUT2D eigenvalue weighted by molar-refractivity contribution is 7.80. The van der Waals surface area contributed by atoms with Gasteiger partial charge in [0.05, 0.1) is 0 Å². The Morgan fingerprint density at radius 1 is 1.04 bits per heavy atom. The van der Waals surface area contributed by atoms with E-state index in [0.29, 0.717) is 5.11 Å². The fourth-order valence-electron chi connectivity index (χ4n) is 3.26. The average molecular weight is 354 g/mol. The molecular formula is C21H27N3S. The van der Waals surface area contributed by atoms with E-state index in [1.54, 1.807) is 0 Å².